The average Bonchev–Trinajstić information content (AvgIpc) is 2.56. The van der Waals surface area contributed by atoms with E-state index in [1.165, 1.54) is 27.1 Å². The van der Waals surface area contributed by atoms with Gasteiger partial charge in [0.05, 0.1) is 0 Å². The summed E-state index contributed by atoms with van der Waals surface area (Å²) in [6.45, 7) is 0. The lowest BCUT2D eigenvalue weighted by atomic mass is 9.99. The summed E-state index contributed by atoms with van der Waals surface area (Å²) in [7, 11) is 0. The fraction of sp³-hybridized carbons (Fsp3) is 0.0526. The lowest BCUT2D eigenvalue weighted by molar-refractivity contribution is 1.45. The van der Waals surface area contributed by atoms with Crippen LogP contribution < -0.4 is 0 Å². The fourth-order valence-corrected chi connectivity index (χ4v) is 2.80. The molecule has 1 heteroatoms. The highest BCUT2D eigenvalue weighted by molar-refractivity contribution is 7.98. The normalized spacial score (nSPS) is 10.4. The minimum Gasteiger partial charge on any atom is -0.130 e. The van der Waals surface area contributed by atoms with Crippen molar-refractivity contribution in [3.63, 3.8) is 0 Å². The summed E-state index contributed by atoms with van der Waals surface area (Å²) < 4.78 is 0. The van der Waals surface area contributed by atoms with E-state index in [1.54, 1.807) is 11.8 Å². The van der Waals surface area contributed by atoms with Gasteiger partial charge in [-0.25, -0.2) is 0 Å². The van der Waals surface area contributed by atoms with Gasteiger partial charge in [-0.1, -0.05) is 60.7 Å². The predicted octanol–water partition coefficient (Wildman–Crippen LogP) is 5.74. The van der Waals surface area contributed by atoms with Gasteiger partial charge in [-0.15, -0.1) is 11.8 Å². The van der Waals surface area contributed by atoms with E-state index in [-0.39, 0.29) is 0 Å². The summed E-state index contributed by atoms with van der Waals surface area (Å²) in [6, 6.07) is 27.9. The smallest absolute Gasteiger partial charge is 0.00814 e. The summed E-state index contributed by atoms with van der Waals surface area (Å²) in [6.07, 6.45) is 2.12. The monoisotopic (exact) mass is 276 g/mol. The topological polar surface area (TPSA) is 0 Å². The second-order valence-corrected chi connectivity index (χ2v) is 5.56. The lowest BCUT2D eigenvalue weighted by Crippen LogP contribution is -1.83. The Bertz CT molecular complexity index is 630. The van der Waals surface area contributed by atoms with Gasteiger partial charge < -0.3 is 0 Å². The first kappa shape index (κ1) is 13.0. The Hall–Kier alpha value is -1.99. The van der Waals surface area contributed by atoms with Crippen LogP contribution in [0, 0.1) is 0 Å². The molecule has 0 amide bonds. The zero-order valence-corrected chi connectivity index (χ0v) is 12.2. The van der Waals surface area contributed by atoms with Gasteiger partial charge in [0.15, 0.2) is 0 Å². The number of rotatable bonds is 3. The average molecular weight is 276 g/mol. The van der Waals surface area contributed by atoms with E-state index in [4.69, 9.17) is 0 Å². The molecule has 0 radical (unpaired) electrons. The van der Waals surface area contributed by atoms with Gasteiger partial charge in [0.1, 0.15) is 0 Å². The van der Waals surface area contributed by atoms with Crippen LogP contribution in [0.5, 0.6) is 0 Å². The molecule has 0 heterocycles. The summed E-state index contributed by atoms with van der Waals surface area (Å²) in [5.74, 6) is 0. The summed E-state index contributed by atoms with van der Waals surface area (Å²) in [5, 5.41) is 0. The molecule has 0 N–H and O–H groups in total. The highest BCUT2D eigenvalue weighted by Gasteiger charge is 2.04. The Kier molecular flexibility index (Phi) is 3.89. The Balaban J connectivity index is 2.13. The van der Waals surface area contributed by atoms with Crippen LogP contribution in [-0.2, 0) is 0 Å². The fourth-order valence-electron chi connectivity index (χ4n) is 2.31. The Morgan fingerprint density at radius 1 is 0.550 bits per heavy atom. The number of thioether (sulfide) groups is 1. The van der Waals surface area contributed by atoms with Gasteiger partial charge in [-0.05, 0) is 46.7 Å². The maximum absolute atomic E-state index is 2.27. The van der Waals surface area contributed by atoms with Crippen molar-refractivity contribution in [1.29, 1.82) is 0 Å². The van der Waals surface area contributed by atoms with E-state index in [0.29, 0.717) is 0 Å². The van der Waals surface area contributed by atoms with Crippen molar-refractivity contribution >= 4 is 11.8 Å². The molecular weight excluding hydrogens is 260 g/mol. The van der Waals surface area contributed by atoms with Crippen LogP contribution >= 0.6 is 11.8 Å². The van der Waals surface area contributed by atoms with Gasteiger partial charge in [0, 0.05) is 4.90 Å². The molecule has 0 aliphatic carbocycles. The van der Waals surface area contributed by atoms with Crippen molar-refractivity contribution in [2.75, 3.05) is 6.26 Å². The van der Waals surface area contributed by atoms with E-state index in [1.807, 2.05) is 0 Å². The minimum absolute atomic E-state index is 1.26. The first-order valence-electron chi connectivity index (χ1n) is 6.67. The summed E-state index contributed by atoms with van der Waals surface area (Å²) in [5.41, 5.74) is 5.08. The van der Waals surface area contributed by atoms with E-state index >= 15 is 0 Å². The minimum atomic E-state index is 1.26. The first-order valence-corrected chi connectivity index (χ1v) is 7.89. The molecule has 0 unspecified atom stereocenters. The van der Waals surface area contributed by atoms with Gasteiger partial charge in [-0.3, -0.25) is 0 Å². The Morgan fingerprint density at radius 3 is 1.40 bits per heavy atom. The molecule has 0 fully saturated rings. The lowest BCUT2D eigenvalue weighted by Gasteiger charge is -2.09. The molecule has 3 aromatic rings. The third-order valence-electron chi connectivity index (χ3n) is 3.36. The van der Waals surface area contributed by atoms with Gasteiger partial charge >= 0.3 is 0 Å². The molecule has 3 aromatic carbocycles. The van der Waals surface area contributed by atoms with E-state index in [9.17, 15) is 0 Å². The molecule has 0 saturated heterocycles. The van der Waals surface area contributed by atoms with Crippen LogP contribution in [0.2, 0.25) is 0 Å². The molecular formula is C19H16S. The van der Waals surface area contributed by atoms with E-state index in [0.717, 1.165) is 0 Å². The third kappa shape index (κ3) is 2.78. The Morgan fingerprint density at radius 2 is 1.00 bits per heavy atom. The summed E-state index contributed by atoms with van der Waals surface area (Å²) in [4.78, 5) is 1.30. The van der Waals surface area contributed by atoms with Crippen molar-refractivity contribution in [2.45, 2.75) is 4.90 Å². The van der Waals surface area contributed by atoms with Crippen molar-refractivity contribution in [3.05, 3.63) is 78.9 Å². The second kappa shape index (κ2) is 5.98. The highest BCUT2D eigenvalue weighted by atomic mass is 32.2. The molecule has 0 aliphatic rings. The predicted molar refractivity (Wildman–Crippen MR) is 89.1 cm³/mol. The van der Waals surface area contributed by atoms with Gasteiger partial charge in [0.25, 0.3) is 0 Å². The van der Waals surface area contributed by atoms with E-state index < -0.39 is 0 Å². The van der Waals surface area contributed by atoms with Crippen molar-refractivity contribution < 1.29 is 0 Å². The number of hydrogen-bond donors (Lipinski definition) is 0. The zero-order valence-electron chi connectivity index (χ0n) is 11.4. The van der Waals surface area contributed by atoms with Crippen LogP contribution in [0.1, 0.15) is 0 Å². The number of hydrogen-bond acceptors (Lipinski definition) is 1. The number of benzene rings is 3. The quantitative estimate of drug-likeness (QED) is 0.549. The second-order valence-electron chi connectivity index (χ2n) is 4.68. The van der Waals surface area contributed by atoms with E-state index in [2.05, 4.69) is 85.1 Å². The molecule has 0 nitrogen and oxygen atoms in total. The molecule has 3 rings (SSSR count). The largest absolute Gasteiger partial charge is 0.130 e. The van der Waals surface area contributed by atoms with Crippen LogP contribution in [0.15, 0.2) is 83.8 Å². The van der Waals surface area contributed by atoms with Crippen LogP contribution in [0.3, 0.4) is 0 Å². The SMILES string of the molecule is CSc1cc(-c2ccccc2)cc(-c2ccccc2)c1. The molecule has 0 spiro atoms. The van der Waals surface area contributed by atoms with Gasteiger partial charge in [-0.2, -0.15) is 0 Å². The van der Waals surface area contributed by atoms with Crippen molar-refractivity contribution in [2.24, 2.45) is 0 Å². The highest BCUT2D eigenvalue weighted by Crippen LogP contribution is 2.31. The first-order chi connectivity index (χ1) is 9.86. The maximum atomic E-state index is 2.27. The Labute approximate surface area is 124 Å². The van der Waals surface area contributed by atoms with Crippen molar-refractivity contribution in [3.8, 4) is 22.3 Å². The zero-order chi connectivity index (χ0) is 13.8. The third-order valence-corrected chi connectivity index (χ3v) is 4.06. The van der Waals surface area contributed by atoms with Crippen LogP contribution in [0.25, 0.3) is 22.3 Å². The molecule has 98 valence electrons. The van der Waals surface area contributed by atoms with Crippen molar-refractivity contribution in [1.82, 2.24) is 0 Å². The standard InChI is InChI=1S/C19H16S/c1-20-19-13-17(15-8-4-2-5-9-15)12-18(14-19)16-10-6-3-7-11-16/h2-14H,1H3. The molecule has 0 atom stereocenters. The summed E-state index contributed by atoms with van der Waals surface area (Å²) >= 11 is 1.79. The molecule has 0 aliphatic heterocycles. The molecule has 0 bridgehead atoms. The molecule has 0 aromatic heterocycles. The molecule has 20 heavy (non-hydrogen) atoms. The van der Waals surface area contributed by atoms with Crippen LogP contribution in [-0.4, -0.2) is 6.26 Å². The van der Waals surface area contributed by atoms with Crippen LogP contribution in [0.4, 0.5) is 0 Å². The maximum Gasteiger partial charge on any atom is 0.00814 e. The van der Waals surface area contributed by atoms with Gasteiger partial charge in [0.2, 0.25) is 0 Å². The molecule has 0 saturated carbocycles.